The second-order valence-corrected chi connectivity index (χ2v) is 4.54. The molecule has 0 fully saturated rings. The standard InChI is InChI=1S/C10H11N3O3S/c1-6-7(8(14)13-4-2-3-5-13)17-9(11-6)12-10(15)16/h2-3H,4-5H2,1H3,(H,11,12)(H,15,16). The molecular weight excluding hydrogens is 242 g/mol. The SMILES string of the molecule is Cc1nc(NC(=O)O)sc1C(=O)N1CC=CC1. The molecule has 7 heteroatoms. The summed E-state index contributed by atoms with van der Waals surface area (Å²) >= 11 is 1.06. The molecule has 0 radical (unpaired) electrons. The van der Waals surface area contributed by atoms with Gasteiger partial charge in [0.05, 0.1) is 5.69 Å². The van der Waals surface area contributed by atoms with E-state index in [1.165, 1.54) is 0 Å². The van der Waals surface area contributed by atoms with Crippen LogP contribution in [0.4, 0.5) is 9.93 Å². The van der Waals surface area contributed by atoms with Gasteiger partial charge in [-0.1, -0.05) is 23.5 Å². The Labute approximate surface area is 102 Å². The maximum atomic E-state index is 12.0. The molecule has 2 heterocycles. The third-order valence-electron chi connectivity index (χ3n) is 2.31. The van der Waals surface area contributed by atoms with Crippen molar-refractivity contribution >= 4 is 28.5 Å². The molecule has 1 aromatic heterocycles. The predicted molar refractivity (Wildman–Crippen MR) is 63.5 cm³/mol. The first-order valence-corrected chi connectivity index (χ1v) is 5.81. The molecule has 0 aromatic carbocycles. The topological polar surface area (TPSA) is 82.5 Å². The first kappa shape index (κ1) is 11.6. The van der Waals surface area contributed by atoms with Gasteiger partial charge in [0.25, 0.3) is 5.91 Å². The molecule has 2 amide bonds. The van der Waals surface area contributed by atoms with Crippen molar-refractivity contribution in [2.24, 2.45) is 0 Å². The highest BCUT2D eigenvalue weighted by molar-refractivity contribution is 7.17. The van der Waals surface area contributed by atoms with Gasteiger partial charge in [-0.2, -0.15) is 0 Å². The minimum absolute atomic E-state index is 0.108. The van der Waals surface area contributed by atoms with Gasteiger partial charge in [-0.05, 0) is 6.92 Å². The number of thiazole rings is 1. The Bertz CT molecular complexity index is 487. The molecule has 1 aliphatic heterocycles. The van der Waals surface area contributed by atoms with Crippen molar-refractivity contribution in [1.82, 2.24) is 9.88 Å². The third-order valence-corrected chi connectivity index (χ3v) is 3.37. The molecule has 0 aliphatic carbocycles. The molecule has 0 spiro atoms. The van der Waals surface area contributed by atoms with Gasteiger partial charge in [0.1, 0.15) is 4.88 Å². The van der Waals surface area contributed by atoms with Crippen LogP contribution in [0.1, 0.15) is 15.4 Å². The van der Waals surface area contributed by atoms with Gasteiger partial charge in [-0.25, -0.2) is 9.78 Å². The number of anilines is 1. The van der Waals surface area contributed by atoms with E-state index in [1.807, 2.05) is 12.2 Å². The van der Waals surface area contributed by atoms with Gasteiger partial charge in [0.2, 0.25) is 0 Å². The summed E-state index contributed by atoms with van der Waals surface area (Å²) < 4.78 is 0. The summed E-state index contributed by atoms with van der Waals surface area (Å²) in [5.74, 6) is -0.108. The predicted octanol–water partition coefficient (Wildman–Crippen LogP) is 1.55. The quantitative estimate of drug-likeness (QED) is 0.783. The number of amides is 2. The average Bonchev–Trinajstić information content (AvgIpc) is 2.85. The maximum Gasteiger partial charge on any atom is 0.410 e. The molecule has 0 saturated carbocycles. The van der Waals surface area contributed by atoms with Crippen LogP contribution < -0.4 is 5.32 Å². The first-order valence-electron chi connectivity index (χ1n) is 4.99. The Morgan fingerprint density at radius 3 is 2.71 bits per heavy atom. The maximum absolute atomic E-state index is 12.0. The molecule has 1 aromatic rings. The van der Waals surface area contributed by atoms with Crippen LogP contribution >= 0.6 is 11.3 Å². The van der Waals surface area contributed by atoms with Crippen LogP contribution in [0.3, 0.4) is 0 Å². The van der Waals surface area contributed by atoms with Crippen LogP contribution in [0.5, 0.6) is 0 Å². The van der Waals surface area contributed by atoms with Gasteiger partial charge in [-0.3, -0.25) is 10.1 Å². The molecule has 2 N–H and O–H groups in total. The van der Waals surface area contributed by atoms with E-state index in [9.17, 15) is 9.59 Å². The smallest absolute Gasteiger partial charge is 0.410 e. The highest BCUT2D eigenvalue weighted by Gasteiger charge is 2.22. The number of hydrogen-bond donors (Lipinski definition) is 2. The summed E-state index contributed by atoms with van der Waals surface area (Å²) in [5.41, 5.74) is 0.552. The summed E-state index contributed by atoms with van der Waals surface area (Å²) in [6, 6.07) is 0. The van der Waals surface area contributed by atoms with E-state index in [0.29, 0.717) is 23.7 Å². The van der Waals surface area contributed by atoms with Crippen LogP contribution in [0.25, 0.3) is 0 Å². The number of carbonyl (C=O) groups is 2. The fraction of sp³-hybridized carbons (Fsp3) is 0.300. The van der Waals surface area contributed by atoms with Gasteiger partial charge in [0.15, 0.2) is 5.13 Å². The van der Waals surface area contributed by atoms with Crippen molar-refractivity contribution in [3.8, 4) is 0 Å². The van der Waals surface area contributed by atoms with Gasteiger partial charge in [0, 0.05) is 13.1 Å². The lowest BCUT2D eigenvalue weighted by Crippen LogP contribution is -2.27. The fourth-order valence-corrected chi connectivity index (χ4v) is 2.45. The van der Waals surface area contributed by atoms with Crippen LogP contribution in [-0.2, 0) is 0 Å². The first-order chi connectivity index (χ1) is 8.08. The van der Waals surface area contributed by atoms with Crippen molar-refractivity contribution in [2.45, 2.75) is 6.92 Å². The van der Waals surface area contributed by atoms with E-state index in [0.717, 1.165) is 11.3 Å². The largest absolute Gasteiger partial charge is 0.465 e. The summed E-state index contributed by atoms with van der Waals surface area (Å²) in [6.07, 6.45) is 2.66. The minimum atomic E-state index is -1.18. The summed E-state index contributed by atoms with van der Waals surface area (Å²) in [6.45, 7) is 2.88. The summed E-state index contributed by atoms with van der Waals surface area (Å²) in [5, 5.41) is 10.9. The average molecular weight is 253 g/mol. The van der Waals surface area contributed by atoms with Crippen LogP contribution in [-0.4, -0.2) is 40.1 Å². The monoisotopic (exact) mass is 253 g/mol. The molecule has 0 saturated heterocycles. The Morgan fingerprint density at radius 1 is 1.47 bits per heavy atom. The highest BCUT2D eigenvalue weighted by Crippen LogP contribution is 2.24. The Morgan fingerprint density at radius 2 is 2.12 bits per heavy atom. The zero-order valence-electron chi connectivity index (χ0n) is 9.14. The van der Waals surface area contributed by atoms with Crippen molar-refractivity contribution in [2.75, 3.05) is 18.4 Å². The summed E-state index contributed by atoms with van der Waals surface area (Å²) in [7, 11) is 0. The number of rotatable bonds is 2. The van der Waals surface area contributed by atoms with E-state index >= 15 is 0 Å². The molecule has 6 nitrogen and oxygen atoms in total. The van der Waals surface area contributed by atoms with E-state index in [-0.39, 0.29) is 11.0 Å². The fourth-order valence-electron chi connectivity index (χ4n) is 1.53. The van der Waals surface area contributed by atoms with Crippen molar-refractivity contribution in [1.29, 1.82) is 0 Å². The molecular formula is C10H11N3O3S. The van der Waals surface area contributed by atoms with Crippen molar-refractivity contribution in [3.05, 3.63) is 22.7 Å². The minimum Gasteiger partial charge on any atom is -0.465 e. The molecule has 0 unspecified atom stereocenters. The van der Waals surface area contributed by atoms with Crippen LogP contribution in [0, 0.1) is 6.92 Å². The molecule has 0 bridgehead atoms. The number of carbonyl (C=O) groups excluding carboxylic acids is 1. The Balaban J connectivity index is 2.17. The lowest BCUT2D eigenvalue weighted by molar-refractivity contribution is 0.0804. The normalized spacial score (nSPS) is 14.1. The summed E-state index contributed by atoms with van der Waals surface area (Å²) in [4.78, 5) is 28.7. The van der Waals surface area contributed by atoms with E-state index in [4.69, 9.17) is 5.11 Å². The van der Waals surface area contributed by atoms with Gasteiger partial charge < -0.3 is 10.0 Å². The molecule has 2 rings (SSSR count). The second-order valence-electron chi connectivity index (χ2n) is 3.55. The van der Waals surface area contributed by atoms with Gasteiger partial charge >= 0.3 is 6.09 Å². The van der Waals surface area contributed by atoms with Crippen LogP contribution in [0.2, 0.25) is 0 Å². The van der Waals surface area contributed by atoms with E-state index in [2.05, 4.69) is 10.3 Å². The number of aryl methyl sites for hydroxylation is 1. The third kappa shape index (κ3) is 2.44. The number of carboxylic acid groups (broad SMARTS) is 1. The second kappa shape index (κ2) is 4.54. The number of nitrogens with one attached hydrogen (secondary N) is 1. The lowest BCUT2D eigenvalue weighted by atomic mass is 10.3. The van der Waals surface area contributed by atoms with E-state index < -0.39 is 6.09 Å². The van der Waals surface area contributed by atoms with Crippen LogP contribution in [0.15, 0.2) is 12.2 Å². The molecule has 90 valence electrons. The van der Waals surface area contributed by atoms with Crippen molar-refractivity contribution in [3.63, 3.8) is 0 Å². The number of aromatic nitrogens is 1. The number of hydrogen-bond acceptors (Lipinski definition) is 4. The zero-order chi connectivity index (χ0) is 12.4. The molecule has 0 atom stereocenters. The molecule has 17 heavy (non-hydrogen) atoms. The van der Waals surface area contributed by atoms with E-state index in [1.54, 1.807) is 11.8 Å². The Hall–Kier alpha value is -1.89. The van der Waals surface area contributed by atoms with Gasteiger partial charge in [-0.15, -0.1) is 0 Å². The van der Waals surface area contributed by atoms with Crippen molar-refractivity contribution < 1.29 is 14.7 Å². The number of nitrogens with zero attached hydrogens (tertiary/aromatic N) is 2. The highest BCUT2D eigenvalue weighted by atomic mass is 32.1. The molecule has 1 aliphatic rings. The zero-order valence-corrected chi connectivity index (χ0v) is 9.95. The Kier molecular flexibility index (Phi) is 3.10. The lowest BCUT2D eigenvalue weighted by Gasteiger charge is -2.13.